The summed E-state index contributed by atoms with van der Waals surface area (Å²) in [5, 5.41) is 2.66. The third kappa shape index (κ3) is 4.84. The molecule has 0 aliphatic carbocycles. The highest BCUT2D eigenvalue weighted by molar-refractivity contribution is 7.90. The lowest BCUT2D eigenvalue weighted by Gasteiger charge is -2.29. The molecular weight excluding hydrogens is 252 g/mol. The average molecular weight is 278 g/mol. The van der Waals surface area contributed by atoms with Gasteiger partial charge in [0.1, 0.15) is 0 Å². The standard InChI is InChI=1S/C12H26N2O3S/c1-4-13-9-10(2)18(15,16)14-11(3)12-5-7-17-8-6-12/h10-14H,4-9H2,1-3H3. The normalized spacial score (nSPS) is 21.7. The highest BCUT2D eigenvalue weighted by Crippen LogP contribution is 2.19. The maximum atomic E-state index is 12.1. The van der Waals surface area contributed by atoms with Crippen molar-refractivity contribution in [3.63, 3.8) is 0 Å². The molecule has 1 fully saturated rings. The molecule has 0 aromatic rings. The molecule has 1 heterocycles. The molecule has 2 N–H and O–H groups in total. The van der Waals surface area contributed by atoms with Crippen molar-refractivity contribution in [1.29, 1.82) is 0 Å². The predicted octanol–water partition coefficient (Wildman–Crippen LogP) is 0.719. The fraction of sp³-hybridized carbons (Fsp3) is 1.00. The summed E-state index contributed by atoms with van der Waals surface area (Å²) >= 11 is 0. The first kappa shape index (κ1) is 15.9. The van der Waals surface area contributed by atoms with Crippen molar-refractivity contribution < 1.29 is 13.2 Å². The Labute approximate surface area is 111 Å². The zero-order valence-electron chi connectivity index (χ0n) is 11.6. The Morgan fingerprint density at radius 3 is 2.44 bits per heavy atom. The summed E-state index contributed by atoms with van der Waals surface area (Å²) in [4.78, 5) is 0. The smallest absolute Gasteiger partial charge is 0.215 e. The topological polar surface area (TPSA) is 67.4 Å². The number of hydrogen-bond donors (Lipinski definition) is 2. The van der Waals surface area contributed by atoms with Crippen LogP contribution in [0.15, 0.2) is 0 Å². The van der Waals surface area contributed by atoms with Crippen LogP contribution in [0, 0.1) is 5.92 Å². The molecule has 2 unspecified atom stereocenters. The number of sulfonamides is 1. The molecule has 1 aliphatic rings. The Morgan fingerprint density at radius 1 is 1.28 bits per heavy atom. The quantitative estimate of drug-likeness (QED) is 0.720. The molecule has 0 bridgehead atoms. The van der Waals surface area contributed by atoms with Crippen molar-refractivity contribution in [2.45, 2.75) is 44.9 Å². The van der Waals surface area contributed by atoms with E-state index in [1.54, 1.807) is 6.92 Å². The molecule has 1 saturated heterocycles. The Hall–Kier alpha value is -0.170. The van der Waals surface area contributed by atoms with Crippen LogP contribution >= 0.6 is 0 Å². The Balaban J connectivity index is 2.47. The largest absolute Gasteiger partial charge is 0.381 e. The number of ether oxygens (including phenoxy) is 1. The van der Waals surface area contributed by atoms with Crippen LogP contribution in [0.5, 0.6) is 0 Å². The summed E-state index contributed by atoms with van der Waals surface area (Å²) in [5.74, 6) is 0.389. The van der Waals surface area contributed by atoms with E-state index in [0.29, 0.717) is 12.5 Å². The Bertz CT molecular complexity index is 326. The van der Waals surface area contributed by atoms with Crippen LogP contribution in [0.1, 0.15) is 33.6 Å². The summed E-state index contributed by atoms with van der Waals surface area (Å²) in [7, 11) is -3.23. The van der Waals surface area contributed by atoms with Crippen molar-refractivity contribution in [3.05, 3.63) is 0 Å². The highest BCUT2D eigenvalue weighted by Gasteiger charge is 2.27. The molecule has 0 saturated carbocycles. The van der Waals surface area contributed by atoms with E-state index in [9.17, 15) is 8.42 Å². The van der Waals surface area contributed by atoms with Gasteiger partial charge in [-0.2, -0.15) is 0 Å². The van der Waals surface area contributed by atoms with Gasteiger partial charge >= 0.3 is 0 Å². The molecular formula is C12H26N2O3S. The minimum atomic E-state index is -3.23. The third-order valence-electron chi connectivity index (χ3n) is 3.53. The fourth-order valence-electron chi connectivity index (χ4n) is 2.14. The van der Waals surface area contributed by atoms with Crippen LogP contribution in [0.25, 0.3) is 0 Å². The maximum Gasteiger partial charge on any atom is 0.215 e. The van der Waals surface area contributed by atoms with Gasteiger partial charge in [-0.1, -0.05) is 6.92 Å². The molecule has 0 aromatic heterocycles. The van der Waals surface area contributed by atoms with E-state index < -0.39 is 15.3 Å². The first-order chi connectivity index (χ1) is 8.47. The Morgan fingerprint density at radius 2 is 1.89 bits per heavy atom. The molecule has 0 spiro atoms. The van der Waals surface area contributed by atoms with Gasteiger partial charge in [0, 0.05) is 25.8 Å². The van der Waals surface area contributed by atoms with Gasteiger partial charge in [0.15, 0.2) is 0 Å². The molecule has 2 atom stereocenters. The van der Waals surface area contributed by atoms with Crippen molar-refractivity contribution in [2.75, 3.05) is 26.3 Å². The first-order valence-electron chi connectivity index (χ1n) is 6.77. The minimum absolute atomic E-state index is 0.0111. The zero-order chi connectivity index (χ0) is 13.6. The summed E-state index contributed by atoms with van der Waals surface area (Å²) < 4.78 is 32.3. The molecule has 108 valence electrons. The maximum absolute atomic E-state index is 12.1. The summed E-state index contributed by atoms with van der Waals surface area (Å²) in [5.41, 5.74) is 0. The second-order valence-corrected chi connectivity index (χ2v) is 7.15. The number of nitrogens with one attached hydrogen (secondary N) is 2. The number of rotatable bonds is 7. The Kier molecular flexibility index (Phi) is 6.55. The first-order valence-corrected chi connectivity index (χ1v) is 8.31. The molecule has 1 rings (SSSR count). The van der Waals surface area contributed by atoms with Gasteiger partial charge < -0.3 is 10.1 Å². The van der Waals surface area contributed by atoms with Gasteiger partial charge in [0.05, 0.1) is 5.25 Å². The van der Waals surface area contributed by atoms with E-state index in [2.05, 4.69) is 10.0 Å². The highest BCUT2D eigenvalue weighted by atomic mass is 32.2. The summed E-state index contributed by atoms with van der Waals surface area (Å²) in [6.45, 7) is 8.42. The van der Waals surface area contributed by atoms with Crippen molar-refractivity contribution in [2.24, 2.45) is 5.92 Å². The van der Waals surface area contributed by atoms with E-state index in [-0.39, 0.29) is 6.04 Å². The molecule has 0 aromatic carbocycles. The van der Waals surface area contributed by atoms with Gasteiger partial charge in [-0.3, -0.25) is 0 Å². The number of hydrogen-bond acceptors (Lipinski definition) is 4. The van der Waals surface area contributed by atoms with Crippen molar-refractivity contribution in [1.82, 2.24) is 10.0 Å². The second-order valence-electron chi connectivity index (χ2n) is 5.02. The van der Waals surface area contributed by atoms with E-state index in [1.165, 1.54) is 0 Å². The van der Waals surface area contributed by atoms with Crippen LogP contribution in [0.4, 0.5) is 0 Å². The molecule has 1 aliphatic heterocycles. The van der Waals surface area contributed by atoms with Crippen LogP contribution in [-0.2, 0) is 14.8 Å². The van der Waals surface area contributed by atoms with Gasteiger partial charge in [-0.25, -0.2) is 13.1 Å². The SMILES string of the molecule is CCNCC(C)S(=O)(=O)NC(C)C1CCOCC1. The van der Waals surface area contributed by atoms with Crippen LogP contribution in [0.2, 0.25) is 0 Å². The summed E-state index contributed by atoms with van der Waals surface area (Å²) in [6, 6.07) is -0.0111. The monoisotopic (exact) mass is 278 g/mol. The van der Waals surface area contributed by atoms with Crippen molar-refractivity contribution >= 4 is 10.0 Å². The average Bonchev–Trinajstić information content (AvgIpc) is 2.36. The molecule has 0 amide bonds. The van der Waals surface area contributed by atoms with Crippen LogP contribution < -0.4 is 10.0 Å². The van der Waals surface area contributed by atoms with Crippen LogP contribution in [0.3, 0.4) is 0 Å². The summed E-state index contributed by atoms with van der Waals surface area (Å²) in [6.07, 6.45) is 1.87. The predicted molar refractivity (Wildman–Crippen MR) is 73.1 cm³/mol. The molecule has 18 heavy (non-hydrogen) atoms. The van der Waals surface area contributed by atoms with Gasteiger partial charge in [0.2, 0.25) is 10.0 Å². The third-order valence-corrected chi connectivity index (χ3v) is 5.46. The van der Waals surface area contributed by atoms with E-state index >= 15 is 0 Å². The van der Waals surface area contributed by atoms with Gasteiger partial charge in [-0.15, -0.1) is 0 Å². The fourth-order valence-corrected chi connectivity index (χ4v) is 3.42. The molecule has 5 nitrogen and oxygen atoms in total. The zero-order valence-corrected chi connectivity index (χ0v) is 12.4. The van der Waals surface area contributed by atoms with Gasteiger partial charge in [-0.05, 0) is 39.2 Å². The van der Waals surface area contributed by atoms with Crippen molar-refractivity contribution in [3.8, 4) is 0 Å². The van der Waals surface area contributed by atoms with Gasteiger partial charge in [0.25, 0.3) is 0 Å². The lowest BCUT2D eigenvalue weighted by molar-refractivity contribution is 0.0585. The van der Waals surface area contributed by atoms with E-state index in [0.717, 1.165) is 32.6 Å². The minimum Gasteiger partial charge on any atom is -0.381 e. The molecule has 6 heteroatoms. The lowest BCUT2D eigenvalue weighted by atomic mass is 9.94. The lowest BCUT2D eigenvalue weighted by Crippen LogP contribution is -2.46. The van der Waals surface area contributed by atoms with Crippen LogP contribution in [-0.4, -0.2) is 46.0 Å². The second kappa shape index (κ2) is 7.43. The molecule has 0 radical (unpaired) electrons. The van der Waals surface area contributed by atoms with E-state index in [4.69, 9.17) is 4.74 Å². The van der Waals surface area contributed by atoms with E-state index in [1.807, 2.05) is 13.8 Å².